The van der Waals surface area contributed by atoms with Crippen molar-refractivity contribution < 1.29 is 18.8 Å². The van der Waals surface area contributed by atoms with Gasteiger partial charge in [-0.2, -0.15) is 0 Å². The average Bonchev–Trinajstić information content (AvgIpc) is 3.24. The van der Waals surface area contributed by atoms with E-state index in [0.29, 0.717) is 13.0 Å². The molecule has 2 aliphatic rings. The van der Waals surface area contributed by atoms with Crippen LogP contribution in [0.3, 0.4) is 0 Å². The van der Waals surface area contributed by atoms with Crippen molar-refractivity contribution in [3.63, 3.8) is 0 Å². The van der Waals surface area contributed by atoms with Crippen molar-refractivity contribution in [2.45, 2.75) is 38.0 Å². The number of nitrogens with two attached hydrogens (primary N) is 1. The van der Waals surface area contributed by atoms with E-state index in [2.05, 4.69) is 15.4 Å². The monoisotopic (exact) mass is 348 g/mol. The summed E-state index contributed by atoms with van der Waals surface area (Å²) in [6.07, 6.45) is 1.66. The van der Waals surface area contributed by atoms with Crippen LogP contribution in [0.4, 0.5) is 4.39 Å². The van der Waals surface area contributed by atoms with Crippen LogP contribution < -0.4 is 11.1 Å². The van der Waals surface area contributed by atoms with Crippen molar-refractivity contribution in [2.24, 2.45) is 10.9 Å². The third-order valence-electron chi connectivity index (χ3n) is 4.49. The van der Waals surface area contributed by atoms with E-state index in [1.165, 1.54) is 12.1 Å². The van der Waals surface area contributed by atoms with Gasteiger partial charge in [0.05, 0.1) is 12.6 Å². The van der Waals surface area contributed by atoms with Gasteiger partial charge in [0.25, 0.3) is 5.91 Å². The first kappa shape index (κ1) is 17.3. The number of rotatable bonds is 6. The van der Waals surface area contributed by atoms with E-state index in [-0.39, 0.29) is 36.1 Å². The summed E-state index contributed by atoms with van der Waals surface area (Å²) in [5, 5.41) is 6.48. The van der Waals surface area contributed by atoms with E-state index in [0.717, 1.165) is 24.9 Å². The molecule has 1 aromatic rings. The van der Waals surface area contributed by atoms with Gasteiger partial charge in [0.1, 0.15) is 11.5 Å². The number of benzene rings is 1. The van der Waals surface area contributed by atoms with E-state index in [1.807, 2.05) is 0 Å². The minimum absolute atomic E-state index is 0.0734. The van der Waals surface area contributed by atoms with Crippen molar-refractivity contribution >= 4 is 17.5 Å². The highest BCUT2D eigenvalue weighted by atomic mass is 19.1. The average molecular weight is 348 g/mol. The highest BCUT2D eigenvalue weighted by Crippen LogP contribution is 2.20. The number of hydrogen-bond donors (Lipinski definition) is 2. The normalized spacial score (nSPS) is 23.2. The van der Waals surface area contributed by atoms with Crippen molar-refractivity contribution in [3.8, 4) is 0 Å². The summed E-state index contributed by atoms with van der Waals surface area (Å²) in [5.41, 5.74) is 6.31. The van der Waals surface area contributed by atoms with Gasteiger partial charge < -0.3 is 15.9 Å². The molecule has 0 bridgehead atoms. The first-order valence-corrected chi connectivity index (χ1v) is 8.31. The third-order valence-corrected chi connectivity index (χ3v) is 4.49. The molecule has 1 saturated heterocycles. The molecule has 0 aliphatic carbocycles. The lowest BCUT2D eigenvalue weighted by atomic mass is 10.1. The lowest BCUT2D eigenvalue weighted by Gasteiger charge is -2.24. The fraction of sp³-hybridized carbons (Fsp3) is 0.471. The Labute approximate surface area is 145 Å². The van der Waals surface area contributed by atoms with Gasteiger partial charge in [0, 0.05) is 13.0 Å². The van der Waals surface area contributed by atoms with Gasteiger partial charge in [-0.15, -0.1) is 0 Å². The molecule has 1 fully saturated rings. The zero-order chi connectivity index (χ0) is 17.8. The molecule has 3 N–H and O–H groups in total. The second kappa shape index (κ2) is 7.60. The van der Waals surface area contributed by atoms with E-state index in [9.17, 15) is 14.0 Å². The standard InChI is InChI=1S/C17H21FN4O3/c18-12-5-3-11(4-6-12)10-22-7-1-2-15(22)17(24)20-9-13-8-14(16(19)23)21-25-13/h3-6,13,15H,1-2,7-10H2,(H2,19,23)(H,20,24)/t13-,15+/m1/s1. The van der Waals surface area contributed by atoms with Gasteiger partial charge in [-0.1, -0.05) is 17.3 Å². The molecule has 25 heavy (non-hydrogen) atoms. The number of nitrogens with one attached hydrogen (secondary N) is 1. The molecule has 2 aliphatic heterocycles. The molecule has 0 saturated carbocycles. The Morgan fingerprint density at radius 2 is 2.12 bits per heavy atom. The molecule has 1 aromatic carbocycles. The zero-order valence-corrected chi connectivity index (χ0v) is 13.8. The first-order valence-electron chi connectivity index (χ1n) is 8.31. The molecule has 0 unspecified atom stereocenters. The summed E-state index contributed by atoms with van der Waals surface area (Å²) in [6.45, 7) is 1.71. The predicted molar refractivity (Wildman–Crippen MR) is 89.0 cm³/mol. The molecule has 7 nitrogen and oxygen atoms in total. The molecule has 8 heteroatoms. The van der Waals surface area contributed by atoms with Crippen LogP contribution >= 0.6 is 0 Å². The molecule has 2 heterocycles. The highest BCUT2D eigenvalue weighted by Gasteiger charge is 2.32. The highest BCUT2D eigenvalue weighted by molar-refractivity contribution is 6.38. The summed E-state index contributed by atoms with van der Waals surface area (Å²) < 4.78 is 13.0. The summed E-state index contributed by atoms with van der Waals surface area (Å²) in [4.78, 5) is 30.7. The lowest BCUT2D eigenvalue weighted by Crippen LogP contribution is -2.45. The number of oxime groups is 1. The summed E-state index contributed by atoms with van der Waals surface area (Å²) in [5.74, 6) is -0.945. The Balaban J connectivity index is 1.49. The number of primary amides is 1. The summed E-state index contributed by atoms with van der Waals surface area (Å²) in [7, 11) is 0. The minimum Gasteiger partial charge on any atom is -0.390 e. The Kier molecular flexibility index (Phi) is 5.28. The van der Waals surface area contributed by atoms with Crippen molar-refractivity contribution in [1.82, 2.24) is 10.2 Å². The molecule has 2 amide bonds. The SMILES string of the molecule is NC(=O)C1=NO[C@@H](CNC(=O)[C@@H]2CCCN2Cc2ccc(F)cc2)C1. The maximum atomic E-state index is 13.0. The van der Waals surface area contributed by atoms with Gasteiger partial charge in [-0.3, -0.25) is 14.5 Å². The van der Waals surface area contributed by atoms with Crippen molar-refractivity contribution in [2.75, 3.05) is 13.1 Å². The van der Waals surface area contributed by atoms with Crippen LogP contribution in [0, 0.1) is 5.82 Å². The van der Waals surface area contributed by atoms with Crippen LogP contribution in [-0.4, -0.2) is 47.7 Å². The van der Waals surface area contributed by atoms with Crippen molar-refractivity contribution in [1.29, 1.82) is 0 Å². The minimum atomic E-state index is -0.602. The first-order chi connectivity index (χ1) is 12.0. The molecule has 0 spiro atoms. The van der Waals surface area contributed by atoms with Gasteiger partial charge in [-0.25, -0.2) is 4.39 Å². The number of carbonyl (C=O) groups excluding carboxylic acids is 2. The fourth-order valence-corrected chi connectivity index (χ4v) is 3.15. The van der Waals surface area contributed by atoms with E-state index >= 15 is 0 Å². The molecule has 2 atom stereocenters. The Morgan fingerprint density at radius 1 is 1.36 bits per heavy atom. The topological polar surface area (TPSA) is 97.0 Å². The number of likely N-dealkylation sites (tertiary alicyclic amines) is 1. The molecular weight excluding hydrogens is 327 g/mol. The van der Waals surface area contributed by atoms with Gasteiger partial charge >= 0.3 is 0 Å². The van der Waals surface area contributed by atoms with Crippen LogP contribution in [0.15, 0.2) is 29.4 Å². The van der Waals surface area contributed by atoms with Crippen molar-refractivity contribution in [3.05, 3.63) is 35.6 Å². The second-order valence-corrected chi connectivity index (χ2v) is 6.33. The van der Waals surface area contributed by atoms with E-state index < -0.39 is 5.91 Å². The van der Waals surface area contributed by atoms with Crippen LogP contribution in [0.25, 0.3) is 0 Å². The Morgan fingerprint density at radius 3 is 2.80 bits per heavy atom. The molecular formula is C17H21FN4O3. The maximum absolute atomic E-state index is 13.0. The zero-order valence-electron chi connectivity index (χ0n) is 13.8. The molecule has 0 aromatic heterocycles. The second-order valence-electron chi connectivity index (χ2n) is 6.33. The summed E-state index contributed by atoms with van der Waals surface area (Å²) in [6, 6.07) is 6.10. The van der Waals surface area contributed by atoms with Gasteiger partial charge in [-0.05, 0) is 37.1 Å². The van der Waals surface area contributed by atoms with Gasteiger partial charge in [0.15, 0.2) is 6.10 Å². The number of hydrogen-bond acceptors (Lipinski definition) is 5. The molecule has 3 rings (SSSR count). The molecule has 0 radical (unpaired) electrons. The number of halogens is 1. The van der Waals surface area contributed by atoms with Gasteiger partial charge in [0.2, 0.25) is 5.91 Å². The van der Waals surface area contributed by atoms with Crippen LogP contribution in [-0.2, 0) is 21.0 Å². The fourth-order valence-electron chi connectivity index (χ4n) is 3.15. The Bertz CT molecular complexity index is 677. The van der Waals surface area contributed by atoms with Crippen LogP contribution in [0.1, 0.15) is 24.8 Å². The quantitative estimate of drug-likeness (QED) is 0.784. The number of amides is 2. The van der Waals surface area contributed by atoms with E-state index in [4.69, 9.17) is 10.6 Å². The van der Waals surface area contributed by atoms with E-state index in [1.54, 1.807) is 12.1 Å². The summed E-state index contributed by atoms with van der Waals surface area (Å²) >= 11 is 0. The molecule has 134 valence electrons. The smallest absolute Gasteiger partial charge is 0.266 e. The largest absolute Gasteiger partial charge is 0.390 e. The number of carbonyl (C=O) groups is 2. The third kappa shape index (κ3) is 4.33. The number of nitrogens with zero attached hydrogens (tertiary/aromatic N) is 2. The maximum Gasteiger partial charge on any atom is 0.266 e. The Hall–Kier alpha value is -2.48. The predicted octanol–water partition coefficient (Wildman–Crippen LogP) is 0.536. The van der Waals surface area contributed by atoms with Crippen LogP contribution in [0.5, 0.6) is 0 Å². The van der Waals surface area contributed by atoms with Crippen LogP contribution in [0.2, 0.25) is 0 Å². The lowest BCUT2D eigenvalue weighted by molar-refractivity contribution is -0.126.